The molecular formula is C20H22N2O2. The predicted octanol–water partition coefficient (Wildman–Crippen LogP) is 3.75. The van der Waals surface area contributed by atoms with Gasteiger partial charge in [-0.05, 0) is 59.1 Å². The van der Waals surface area contributed by atoms with E-state index in [1.807, 2.05) is 18.2 Å². The van der Waals surface area contributed by atoms with Gasteiger partial charge >= 0.3 is 5.97 Å². The summed E-state index contributed by atoms with van der Waals surface area (Å²) in [6.45, 7) is 4.93. The third-order valence-corrected chi connectivity index (χ3v) is 4.62. The summed E-state index contributed by atoms with van der Waals surface area (Å²) in [6, 6.07) is 6.05. The molecule has 0 spiro atoms. The van der Waals surface area contributed by atoms with Crippen molar-refractivity contribution in [2.24, 2.45) is 4.99 Å². The van der Waals surface area contributed by atoms with Crippen LogP contribution in [0.2, 0.25) is 0 Å². The molecule has 0 radical (unpaired) electrons. The highest BCUT2D eigenvalue weighted by Gasteiger charge is 2.33. The van der Waals surface area contributed by atoms with Gasteiger partial charge in [-0.1, -0.05) is 26.0 Å². The Labute approximate surface area is 142 Å². The number of rotatable bonds is 4. The van der Waals surface area contributed by atoms with Crippen LogP contribution in [0.3, 0.4) is 0 Å². The molecule has 0 atom stereocenters. The van der Waals surface area contributed by atoms with E-state index in [0.717, 1.165) is 11.4 Å². The van der Waals surface area contributed by atoms with E-state index in [0.29, 0.717) is 13.0 Å². The molecule has 1 aromatic carbocycles. The molecule has 0 amide bonds. The molecule has 0 heterocycles. The summed E-state index contributed by atoms with van der Waals surface area (Å²) in [5, 5.41) is 8.70. The zero-order valence-electron chi connectivity index (χ0n) is 14.0. The smallest absolute Gasteiger partial charge is 0.303 e. The van der Waals surface area contributed by atoms with Crippen LogP contribution in [-0.4, -0.2) is 23.3 Å². The van der Waals surface area contributed by atoms with E-state index < -0.39 is 5.97 Å². The van der Waals surface area contributed by atoms with Gasteiger partial charge in [0.1, 0.15) is 0 Å². The van der Waals surface area contributed by atoms with E-state index in [2.05, 4.69) is 43.1 Å². The highest BCUT2D eigenvalue weighted by molar-refractivity contribution is 6.08. The topological polar surface area (TPSA) is 75.7 Å². The summed E-state index contributed by atoms with van der Waals surface area (Å²) in [7, 11) is 0. The number of nitrogen functional groups attached to an aromatic ring is 1. The Morgan fingerprint density at radius 3 is 2.79 bits per heavy atom. The van der Waals surface area contributed by atoms with Gasteiger partial charge < -0.3 is 10.8 Å². The minimum absolute atomic E-state index is 0.151. The second-order valence-electron chi connectivity index (χ2n) is 6.77. The lowest BCUT2D eigenvalue weighted by Gasteiger charge is -2.36. The summed E-state index contributed by atoms with van der Waals surface area (Å²) in [5.74, 6) is -0.777. The van der Waals surface area contributed by atoms with Gasteiger partial charge in [-0.2, -0.15) is 0 Å². The molecule has 0 saturated carbocycles. The number of carboxylic acid groups (broad SMARTS) is 1. The van der Waals surface area contributed by atoms with Crippen molar-refractivity contribution in [2.75, 3.05) is 12.3 Å². The van der Waals surface area contributed by atoms with Crippen molar-refractivity contribution >= 4 is 23.4 Å². The van der Waals surface area contributed by atoms with Crippen molar-refractivity contribution < 1.29 is 9.90 Å². The highest BCUT2D eigenvalue weighted by Crippen LogP contribution is 2.44. The first-order valence-electron chi connectivity index (χ1n) is 8.16. The molecule has 24 heavy (non-hydrogen) atoms. The van der Waals surface area contributed by atoms with Crippen LogP contribution in [0.1, 0.15) is 37.8 Å². The molecule has 0 bridgehead atoms. The van der Waals surface area contributed by atoms with Gasteiger partial charge in [-0.15, -0.1) is 0 Å². The summed E-state index contributed by atoms with van der Waals surface area (Å²) in [5.41, 5.74) is 12.3. The monoisotopic (exact) mass is 322 g/mol. The maximum atomic E-state index is 10.6. The zero-order valence-corrected chi connectivity index (χ0v) is 14.0. The van der Waals surface area contributed by atoms with Crippen LogP contribution < -0.4 is 5.73 Å². The van der Waals surface area contributed by atoms with Crippen molar-refractivity contribution in [2.45, 2.75) is 32.1 Å². The minimum Gasteiger partial charge on any atom is -0.481 e. The molecule has 124 valence electrons. The second-order valence-corrected chi connectivity index (χ2v) is 6.77. The van der Waals surface area contributed by atoms with Gasteiger partial charge in [-0.25, -0.2) is 0 Å². The Balaban J connectivity index is 1.91. The standard InChI is InChI=1S/C20H22N2O2/c1-20(2)17-11-15(21)7-5-13(17)10-14-6-8-16(12-18(14)20)22-9-3-4-19(23)24/h5-8,10-12H,3-4,9,21H2,1-2H3,(H,23,24)/b22-16+. The third kappa shape index (κ3) is 3.04. The summed E-state index contributed by atoms with van der Waals surface area (Å²) < 4.78 is 0. The van der Waals surface area contributed by atoms with Gasteiger partial charge in [-0.3, -0.25) is 9.79 Å². The van der Waals surface area contributed by atoms with Gasteiger partial charge in [0, 0.05) is 24.1 Å². The Kier molecular flexibility index (Phi) is 4.14. The molecule has 0 aromatic heterocycles. The summed E-state index contributed by atoms with van der Waals surface area (Å²) in [4.78, 5) is 15.1. The molecule has 2 aliphatic carbocycles. The van der Waals surface area contributed by atoms with E-state index in [4.69, 9.17) is 10.8 Å². The van der Waals surface area contributed by atoms with Gasteiger partial charge in [0.05, 0.1) is 5.71 Å². The second kappa shape index (κ2) is 6.11. The number of aliphatic imine (C=N–C) groups is 1. The summed E-state index contributed by atoms with van der Waals surface area (Å²) >= 11 is 0. The van der Waals surface area contributed by atoms with Crippen LogP contribution in [0.25, 0.3) is 6.08 Å². The quantitative estimate of drug-likeness (QED) is 0.655. The Hall–Kier alpha value is -2.62. The number of anilines is 1. The number of allylic oxidation sites excluding steroid dienone is 5. The molecule has 4 heteroatoms. The average molecular weight is 322 g/mol. The van der Waals surface area contributed by atoms with E-state index in [9.17, 15) is 4.79 Å². The number of fused-ring (bicyclic) bond motifs is 2. The number of hydrogen-bond acceptors (Lipinski definition) is 3. The molecule has 4 nitrogen and oxygen atoms in total. The molecule has 2 aliphatic rings. The number of benzene rings is 1. The van der Waals surface area contributed by atoms with Crippen LogP contribution in [0.5, 0.6) is 0 Å². The zero-order chi connectivity index (χ0) is 17.3. The molecule has 0 fully saturated rings. The normalized spacial score (nSPS) is 19.3. The fraction of sp³-hybridized carbons (Fsp3) is 0.300. The predicted molar refractivity (Wildman–Crippen MR) is 98.3 cm³/mol. The molecule has 0 aliphatic heterocycles. The van der Waals surface area contributed by atoms with E-state index in [1.54, 1.807) is 0 Å². The fourth-order valence-corrected chi connectivity index (χ4v) is 3.30. The van der Waals surface area contributed by atoms with Crippen LogP contribution in [0.4, 0.5) is 5.69 Å². The molecule has 0 unspecified atom stereocenters. The van der Waals surface area contributed by atoms with Crippen LogP contribution >= 0.6 is 0 Å². The fourth-order valence-electron chi connectivity index (χ4n) is 3.30. The number of carbonyl (C=O) groups is 1. The molecular weight excluding hydrogens is 300 g/mol. The maximum Gasteiger partial charge on any atom is 0.303 e. The third-order valence-electron chi connectivity index (χ3n) is 4.62. The van der Waals surface area contributed by atoms with Crippen molar-refractivity contribution in [1.82, 2.24) is 0 Å². The van der Waals surface area contributed by atoms with Gasteiger partial charge in [0.25, 0.3) is 0 Å². The first kappa shape index (κ1) is 16.2. The number of nitrogens with zero attached hydrogens (tertiary/aromatic N) is 1. The number of hydrogen-bond donors (Lipinski definition) is 2. The van der Waals surface area contributed by atoms with E-state index in [-0.39, 0.29) is 11.8 Å². The van der Waals surface area contributed by atoms with Crippen LogP contribution in [0.15, 0.2) is 52.6 Å². The molecule has 1 aromatic rings. The first-order valence-corrected chi connectivity index (χ1v) is 8.16. The Morgan fingerprint density at radius 2 is 2.04 bits per heavy atom. The first-order chi connectivity index (χ1) is 11.4. The molecule has 3 rings (SSSR count). The lowest BCUT2D eigenvalue weighted by molar-refractivity contribution is -0.137. The molecule has 3 N–H and O–H groups in total. The van der Waals surface area contributed by atoms with E-state index in [1.165, 1.54) is 22.3 Å². The lowest BCUT2D eigenvalue weighted by atomic mass is 9.67. The van der Waals surface area contributed by atoms with Crippen molar-refractivity contribution in [1.29, 1.82) is 0 Å². The van der Waals surface area contributed by atoms with Crippen LogP contribution in [-0.2, 0) is 10.2 Å². The van der Waals surface area contributed by atoms with Gasteiger partial charge in [0.2, 0.25) is 0 Å². The SMILES string of the molecule is CC1(C)C2=C/C(=N/CCCC(=O)O)C=CC2=Cc2ccc(N)cc21. The van der Waals surface area contributed by atoms with Crippen molar-refractivity contribution in [3.63, 3.8) is 0 Å². The maximum absolute atomic E-state index is 10.6. The number of aliphatic carboxylic acids is 1. The van der Waals surface area contributed by atoms with Crippen molar-refractivity contribution in [3.05, 3.63) is 58.7 Å². The molecule has 0 saturated heterocycles. The Bertz CT molecular complexity index is 811. The Morgan fingerprint density at radius 1 is 1.25 bits per heavy atom. The number of carboxylic acids is 1. The lowest BCUT2D eigenvalue weighted by Crippen LogP contribution is -2.27. The summed E-state index contributed by atoms with van der Waals surface area (Å²) in [6.07, 6.45) is 9.09. The number of nitrogens with two attached hydrogens (primary N) is 1. The van der Waals surface area contributed by atoms with Crippen LogP contribution in [0, 0.1) is 0 Å². The minimum atomic E-state index is -0.777. The largest absolute Gasteiger partial charge is 0.481 e. The van der Waals surface area contributed by atoms with Crippen molar-refractivity contribution in [3.8, 4) is 0 Å². The van der Waals surface area contributed by atoms with Gasteiger partial charge in [0.15, 0.2) is 0 Å². The van der Waals surface area contributed by atoms with E-state index >= 15 is 0 Å². The average Bonchev–Trinajstić information content (AvgIpc) is 2.53. The highest BCUT2D eigenvalue weighted by atomic mass is 16.4.